The molecule has 118 valence electrons. The summed E-state index contributed by atoms with van der Waals surface area (Å²) in [5.74, 6) is 0.890. The first-order valence-corrected chi connectivity index (χ1v) is 7.90. The summed E-state index contributed by atoms with van der Waals surface area (Å²) in [6.45, 7) is 13.5. The second-order valence-electron chi connectivity index (χ2n) is 6.97. The number of ether oxygens (including phenoxy) is 1. The van der Waals surface area contributed by atoms with E-state index in [2.05, 4.69) is 16.8 Å². The highest BCUT2D eigenvalue weighted by Crippen LogP contribution is 2.23. The van der Waals surface area contributed by atoms with E-state index in [1.54, 1.807) is 0 Å². The molecule has 0 bridgehead atoms. The minimum atomic E-state index is -0.261. The van der Waals surface area contributed by atoms with Crippen molar-refractivity contribution in [3.05, 3.63) is 0 Å². The third-order valence-corrected chi connectivity index (χ3v) is 3.84. The van der Waals surface area contributed by atoms with Crippen molar-refractivity contribution in [3.8, 4) is 0 Å². The molecule has 1 rings (SSSR count). The van der Waals surface area contributed by atoms with Crippen LogP contribution in [0.25, 0.3) is 0 Å². The van der Waals surface area contributed by atoms with Crippen molar-refractivity contribution in [2.75, 3.05) is 46.4 Å². The van der Waals surface area contributed by atoms with Crippen LogP contribution in [0.4, 0.5) is 0 Å². The van der Waals surface area contributed by atoms with Crippen molar-refractivity contribution in [1.82, 2.24) is 9.80 Å². The molecule has 1 aliphatic rings. The van der Waals surface area contributed by atoms with Gasteiger partial charge in [0.25, 0.3) is 0 Å². The summed E-state index contributed by atoms with van der Waals surface area (Å²) in [5, 5.41) is 0. The van der Waals surface area contributed by atoms with Crippen molar-refractivity contribution in [1.29, 1.82) is 0 Å². The number of amides is 1. The van der Waals surface area contributed by atoms with Gasteiger partial charge in [-0.25, -0.2) is 0 Å². The van der Waals surface area contributed by atoms with Gasteiger partial charge in [-0.15, -0.1) is 0 Å². The van der Waals surface area contributed by atoms with E-state index in [1.807, 2.05) is 27.7 Å². The van der Waals surface area contributed by atoms with Gasteiger partial charge in [0.1, 0.15) is 0 Å². The van der Waals surface area contributed by atoms with Crippen LogP contribution in [0.15, 0.2) is 0 Å². The van der Waals surface area contributed by atoms with Gasteiger partial charge in [0, 0.05) is 38.2 Å². The maximum atomic E-state index is 12.4. The highest BCUT2D eigenvalue weighted by atomic mass is 16.5. The average Bonchev–Trinajstić information content (AvgIpc) is 2.37. The zero-order valence-electron chi connectivity index (χ0n) is 13.9. The number of carbonyl (C=O) groups is 1. The molecule has 1 saturated heterocycles. The number of carbonyl (C=O) groups excluding carboxylic acids is 1. The second-order valence-corrected chi connectivity index (χ2v) is 6.97. The normalized spacial score (nSPS) is 20.5. The summed E-state index contributed by atoms with van der Waals surface area (Å²) < 4.78 is 5.39. The van der Waals surface area contributed by atoms with Crippen molar-refractivity contribution >= 4 is 5.91 Å². The number of hydrogen-bond acceptors (Lipinski definition) is 3. The predicted molar refractivity (Wildman–Crippen MR) is 82.7 cm³/mol. The van der Waals surface area contributed by atoms with Gasteiger partial charge in [-0.1, -0.05) is 20.8 Å². The van der Waals surface area contributed by atoms with Crippen LogP contribution in [0.2, 0.25) is 0 Å². The van der Waals surface area contributed by atoms with E-state index in [0.29, 0.717) is 11.8 Å². The Balaban J connectivity index is 2.39. The average molecular weight is 284 g/mol. The molecule has 4 heteroatoms. The Hall–Kier alpha value is -0.610. The van der Waals surface area contributed by atoms with Crippen LogP contribution in [0.5, 0.6) is 0 Å². The van der Waals surface area contributed by atoms with Gasteiger partial charge >= 0.3 is 0 Å². The van der Waals surface area contributed by atoms with Crippen molar-refractivity contribution in [3.63, 3.8) is 0 Å². The summed E-state index contributed by atoms with van der Waals surface area (Å²) in [7, 11) is 2.14. The maximum Gasteiger partial charge on any atom is 0.227 e. The van der Waals surface area contributed by atoms with Gasteiger partial charge in [0.15, 0.2) is 0 Å². The maximum absolute atomic E-state index is 12.4. The third-order valence-electron chi connectivity index (χ3n) is 3.84. The predicted octanol–water partition coefficient (Wildman–Crippen LogP) is 2.24. The van der Waals surface area contributed by atoms with Crippen LogP contribution in [0.3, 0.4) is 0 Å². The number of likely N-dealkylation sites (N-methyl/N-ethyl adjacent to an activating group) is 1. The van der Waals surface area contributed by atoms with E-state index in [-0.39, 0.29) is 5.41 Å². The largest absolute Gasteiger partial charge is 0.380 e. The highest BCUT2D eigenvalue weighted by Gasteiger charge is 2.31. The molecule has 0 aromatic rings. The fourth-order valence-corrected chi connectivity index (χ4v) is 2.77. The standard InChI is InChI=1S/C16H32N2O2/c1-6-20-11-10-17(5)12-14-8-7-9-18(13-14)15(19)16(2,3)4/h14H,6-13H2,1-5H3/t14-/m0/s1. The summed E-state index contributed by atoms with van der Waals surface area (Å²) in [4.78, 5) is 16.7. The Bertz CT molecular complexity index is 299. The quantitative estimate of drug-likeness (QED) is 0.701. The monoisotopic (exact) mass is 284 g/mol. The molecule has 1 aliphatic heterocycles. The van der Waals surface area contributed by atoms with Crippen LogP contribution < -0.4 is 0 Å². The molecular formula is C16H32N2O2. The molecule has 0 unspecified atom stereocenters. The zero-order valence-corrected chi connectivity index (χ0v) is 13.9. The highest BCUT2D eigenvalue weighted by molar-refractivity contribution is 5.81. The summed E-state index contributed by atoms with van der Waals surface area (Å²) in [5.41, 5.74) is -0.261. The fourth-order valence-electron chi connectivity index (χ4n) is 2.77. The Morgan fingerprint density at radius 3 is 2.70 bits per heavy atom. The van der Waals surface area contributed by atoms with Gasteiger partial charge in [-0.2, -0.15) is 0 Å². The van der Waals surface area contributed by atoms with Gasteiger partial charge in [-0.05, 0) is 32.7 Å². The Morgan fingerprint density at radius 2 is 2.10 bits per heavy atom. The first kappa shape index (κ1) is 17.4. The molecule has 1 amide bonds. The minimum absolute atomic E-state index is 0.261. The molecule has 4 nitrogen and oxygen atoms in total. The summed E-state index contributed by atoms with van der Waals surface area (Å²) in [6, 6.07) is 0. The van der Waals surface area contributed by atoms with Gasteiger partial charge in [-0.3, -0.25) is 4.79 Å². The van der Waals surface area contributed by atoms with E-state index in [4.69, 9.17) is 4.74 Å². The summed E-state index contributed by atoms with van der Waals surface area (Å²) >= 11 is 0. The third kappa shape index (κ3) is 5.80. The zero-order chi connectivity index (χ0) is 15.2. The Kier molecular flexibility index (Phi) is 6.96. The topological polar surface area (TPSA) is 32.8 Å². The van der Waals surface area contributed by atoms with E-state index in [9.17, 15) is 4.79 Å². The second kappa shape index (κ2) is 7.99. The number of likely N-dealkylation sites (tertiary alicyclic amines) is 1. The van der Waals surface area contributed by atoms with Crippen LogP contribution in [0.1, 0.15) is 40.5 Å². The van der Waals surface area contributed by atoms with Gasteiger partial charge in [0.05, 0.1) is 6.61 Å². The number of piperidine rings is 1. The van der Waals surface area contributed by atoms with Crippen LogP contribution >= 0.6 is 0 Å². The lowest BCUT2D eigenvalue weighted by molar-refractivity contribution is -0.141. The molecule has 0 saturated carbocycles. The van der Waals surface area contributed by atoms with Gasteiger partial charge in [0.2, 0.25) is 5.91 Å². The lowest BCUT2D eigenvalue weighted by atomic mass is 9.91. The lowest BCUT2D eigenvalue weighted by Crippen LogP contribution is -2.47. The van der Waals surface area contributed by atoms with Gasteiger partial charge < -0.3 is 14.5 Å². The smallest absolute Gasteiger partial charge is 0.227 e. The summed E-state index contributed by atoms with van der Waals surface area (Å²) in [6.07, 6.45) is 2.36. The van der Waals surface area contributed by atoms with E-state index in [0.717, 1.165) is 45.8 Å². The van der Waals surface area contributed by atoms with Crippen LogP contribution in [0, 0.1) is 11.3 Å². The Morgan fingerprint density at radius 1 is 1.40 bits per heavy atom. The molecule has 1 atom stereocenters. The van der Waals surface area contributed by atoms with E-state index in [1.165, 1.54) is 6.42 Å². The molecule has 0 spiro atoms. The minimum Gasteiger partial charge on any atom is -0.380 e. The molecule has 0 aromatic heterocycles. The number of nitrogens with zero attached hydrogens (tertiary/aromatic N) is 2. The van der Waals surface area contributed by atoms with E-state index < -0.39 is 0 Å². The molecule has 20 heavy (non-hydrogen) atoms. The van der Waals surface area contributed by atoms with Crippen LogP contribution in [-0.4, -0.2) is 62.1 Å². The first-order chi connectivity index (χ1) is 9.34. The fraction of sp³-hybridized carbons (Fsp3) is 0.938. The van der Waals surface area contributed by atoms with E-state index >= 15 is 0 Å². The lowest BCUT2D eigenvalue weighted by Gasteiger charge is -2.37. The molecule has 1 fully saturated rings. The first-order valence-electron chi connectivity index (χ1n) is 7.90. The molecule has 0 aromatic carbocycles. The molecular weight excluding hydrogens is 252 g/mol. The SMILES string of the molecule is CCOCCN(C)C[C@@H]1CCCN(C(=O)C(C)(C)C)C1. The number of rotatable bonds is 6. The molecule has 1 heterocycles. The molecule has 0 aliphatic carbocycles. The molecule has 0 radical (unpaired) electrons. The van der Waals surface area contributed by atoms with Crippen molar-refractivity contribution in [2.45, 2.75) is 40.5 Å². The van der Waals surface area contributed by atoms with Crippen LogP contribution in [-0.2, 0) is 9.53 Å². The van der Waals surface area contributed by atoms with Crippen molar-refractivity contribution in [2.24, 2.45) is 11.3 Å². The Labute approximate surface area is 124 Å². The number of hydrogen-bond donors (Lipinski definition) is 0. The molecule has 0 N–H and O–H groups in total. The van der Waals surface area contributed by atoms with Crippen molar-refractivity contribution < 1.29 is 9.53 Å².